The minimum Gasteiger partial charge on any atom is -0.497 e. The maximum absolute atomic E-state index is 11.1. The van der Waals surface area contributed by atoms with E-state index in [1.54, 1.807) is 19.2 Å². The van der Waals surface area contributed by atoms with Gasteiger partial charge in [-0.05, 0) is 65.6 Å². The summed E-state index contributed by atoms with van der Waals surface area (Å²) >= 11 is 0. The number of methoxy groups -OCH3 is 1. The zero-order chi connectivity index (χ0) is 17.6. The van der Waals surface area contributed by atoms with Crippen LogP contribution in [0.2, 0.25) is 0 Å². The van der Waals surface area contributed by atoms with E-state index in [0.717, 1.165) is 17.0 Å². The van der Waals surface area contributed by atoms with Crippen molar-refractivity contribution in [2.45, 2.75) is 37.6 Å². The van der Waals surface area contributed by atoms with Crippen LogP contribution in [0.25, 0.3) is 0 Å². The van der Waals surface area contributed by atoms with Crippen LogP contribution in [0.4, 0.5) is 5.69 Å². The van der Waals surface area contributed by atoms with Gasteiger partial charge in [0.25, 0.3) is 0 Å². The van der Waals surface area contributed by atoms with Crippen molar-refractivity contribution in [3.8, 4) is 5.75 Å². The van der Waals surface area contributed by atoms with E-state index in [9.17, 15) is 4.79 Å². The molecular formula is C21H23NO3. The standard InChI is InChI=1S/C21H23NO3/c1-21-11-3-4-16(21)19(13-5-7-14(8-6-13)20(23)24)22-18-10-9-15(25-2)12-17(18)21/h5-10,12,16,19,22H,3-4,11H2,1-2H3,(H,23,24)/t16-,19+,21-/m1/s1. The van der Waals surface area contributed by atoms with E-state index in [-0.39, 0.29) is 11.5 Å². The number of anilines is 1. The Bertz CT molecular complexity index is 814. The number of benzene rings is 2. The predicted octanol–water partition coefficient (Wildman–Crippen LogP) is 4.62. The fourth-order valence-corrected chi connectivity index (χ4v) is 4.73. The molecule has 1 saturated carbocycles. The SMILES string of the molecule is COc1ccc2c(c1)[C@]1(C)CCC[C@@H]1[C@H](c1ccc(C(=O)O)cc1)N2. The molecule has 4 rings (SSSR count). The lowest BCUT2D eigenvalue weighted by Gasteiger charge is -2.44. The molecule has 1 aliphatic carbocycles. The molecule has 2 aliphatic rings. The summed E-state index contributed by atoms with van der Waals surface area (Å²) in [4.78, 5) is 11.1. The molecule has 4 heteroatoms. The Labute approximate surface area is 147 Å². The second-order valence-electron chi connectivity index (χ2n) is 7.38. The van der Waals surface area contributed by atoms with Crippen LogP contribution in [-0.2, 0) is 5.41 Å². The molecule has 1 heterocycles. The molecule has 0 radical (unpaired) electrons. The first-order chi connectivity index (χ1) is 12.0. The van der Waals surface area contributed by atoms with Crippen LogP contribution in [0.15, 0.2) is 42.5 Å². The van der Waals surface area contributed by atoms with Crippen molar-refractivity contribution >= 4 is 11.7 Å². The molecule has 0 aromatic heterocycles. The van der Waals surface area contributed by atoms with E-state index < -0.39 is 5.97 Å². The summed E-state index contributed by atoms with van der Waals surface area (Å²) in [5, 5.41) is 12.8. The number of carboxylic acid groups (broad SMARTS) is 1. The van der Waals surface area contributed by atoms with Crippen molar-refractivity contribution in [2.75, 3.05) is 12.4 Å². The van der Waals surface area contributed by atoms with E-state index in [0.29, 0.717) is 11.5 Å². The van der Waals surface area contributed by atoms with Crippen LogP contribution in [0.1, 0.15) is 53.7 Å². The van der Waals surface area contributed by atoms with Gasteiger partial charge in [0, 0.05) is 5.69 Å². The predicted molar refractivity (Wildman–Crippen MR) is 97.5 cm³/mol. The highest BCUT2D eigenvalue weighted by atomic mass is 16.5. The number of carboxylic acids is 1. The Balaban J connectivity index is 1.76. The number of rotatable bonds is 3. The third kappa shape index (κ3) is 2.48. The molecule has 0 unspecified atom stereocenters. The number of carbonyl (C=O) groups is 1. The highest BCUT2D eigenvalue weighted by Gasteiger charge is 2.48. The summed E-state index contributed by atoms with van der Waals surface area (Å²) < 4.78 is 5.44. The van der Waals surface area contributed by atoms with Gasteiger partial charge in [-0.15, -0.1) is 0 Å². The van der Waals surface area contributed by atoms with Gasteiger partial charge in [-0.1, -0.05) is 25.5 Å². The second kappa shape index (κ2) is 5.80. The average molecular weight is 337 g/mol. The molecule has 130 valence electrons. The van der Waals surface area contributed by atoms with E-state index in [1.807, 2.05) is 18.2 Å². The Morgan fingerprint density at radius 2 is 2.00 bits per heavy atom. The molecule has 0 bridgehead atoms. The second-order valence-corrected chi connectivity index (χ2v) is 7.38. The normalized spacial score (nSPS) is 27.1. The molecule has 2 N–H and O–H groups in total. The molecule has 1 fully saturated rings. The lowest BCUT2D eigenvalue weighted by Crippen LogP contribution is -2.39. The van der Waals surface area contributed by atoms with Gasteiger partial charge in [-0.2, -0.15) is 0 Å². The van der Waals surface area contributed by atoms with Crippen molar-refractivity contribution in [2.24, 2.45) is 5.92 Å². The maximum atomic E-state index is 11.1. The van der Waals surface area contributed by atoms with Crippen LogP contribution in [0.5, 0.6) is 5.75 Å². The molecule has 1 aliphatic heterocycles. The quantitative estimate of drug-likeness (QED) is 0.858. The topological polar surface area (TPSA) is 58.6 Å². The Kier molecular flexibility index (Phi) is 3.71. The Morgan fingerprint density at radius 3 is 2.68 bits per heavy atom. The van der Waals surface area contributed by atoms with Crippen molar-refractivity contribution in [1.82, 2.24) is 0 Å². The maximum Gasteiger partial charge on any atom is 0.335 e. The Hall–Kier alpha value is -2.49. The number of nitrogens with one attached hydrogen (secondary N) is 1. The van der Waals surface area contributed by atoms with Gasteiger partial charge < -0.3 is 15.2 Å². The number of hydrogen-bond donors (Lipinski definition) is 2. The molecule has 2 aromatic rings. The summed E-state index contributed by atoms with van der Waals surface area (Å²) in [5.41, 5.74) is 4.11. The van der Waals surface area contributed by atoms with Gasteiger partial charge in [0.05, 0.1) is 18.7 Å². The summed E-state index contributed by atoms with van der Waals surface area (Å²) in [5.74, 6) is 0.505. The third-order valence-electron chi connectivity index (χ3n) is 6.10. The lowest BCUT2D eigenvalue weighted by molar-refractivity contribution is 0.0697. The Morgan fingerprint density at radius 1 is 1.24 bits per heavy atom. The average Bonchev–Trinajstić information content (AvgIpc) is 3.03. The monoisotopic (exact) mass is 337 g/mol. The van der Waals surface area contributed by atoms with Gasteiger partial charge in [-0.25, -0.2) is 4.79 Å². The zero-order valence-corrected chi connectivity index (χ0v) is 14.6. The van der Waals surface area contributed by atoms with Gasteiger partial charge in [0.1, 0.15) is 5.75 Å². The van der Waals surface area contributed by atoms with Crippen LogP contribution in [0.3, 0.4) is 0 Å². The fraction of sp³-hybridized carbons (Fsp3) is 0.381. The highest BCUT2D eigenvalue weighted by molar-refractivity contribution is 5.87. The van der Waals surface area contributed by atoms with E-state index >= 15 is 0 Å². The molecule has 3 atom stereocenters. The highest BCUT2D eigenvalue weighted by Crippen LogP contribution is 2.57. The summed E-state index contributed by atoms with van der Waals surface area (Å²) in [6, 6.07) is 13.8. The van der Waals surface area contributed by atoms with Gasteiger partial charge in [-0.3, -0.25) is 0 Å². The molecule has 0 spiro atoms. The van der Waals surface area contributed by atoms with Crippen molar-refractivity contribution in [3.63, 3.8) is 0 Å². The zero-order valence-electron chi connectivity index (χ0n) is 14.6. The van der Waals surface area contributed by atoms with Crippen LogP contribution >= 0.6 is 0 Å². The summed E-state index contributed by atoms with van der Waals surface area (Å²) in [6.07, 6.45) is 3.55. The molecule has 4 nitrogen and oxygen atoms in total. The lowest BCUT2D eigenvalue weighted by atomic mass is 9.66. The van der Waals surface area contributed by atoms with E-state index in [4.69, 9.17) is 9.84 Å². The van der Waals surface area contributed by atoms with Crippen molar-refractivity contribution in [1.29, 1.82) is 0 Å². The first kappa shape index (κ1) is 16.0. The van der Waals surface area contributed by atoms with E-state index in [2.05, 4.69) is 24.4 Å². The molecule has 0 saturated heterocycles. The fourth-order valence-electron chi connectivity index (χ4n) is 4.73. The summed E-state index contributed by atoms with van der Waals surface area (Å²) in [6.45, 7) is 2.36. The van der Waals surface area contributed by atoms with Gasteiger partial charge >= 0.3 is 5.97 Å². The first-order valence-corrected chi connectivity index (χ1v) is 8.81. The molecule has 2 aromatic carbocycles. The van der Waals surface area contributed by atoms with Crippen LogP contribution in [-0.4, -0.2) is 18.2 Å². The van der Waals surface area contributed by atoms with E-state index in [1.165, 1.54) is 24.8 Å². The molecule has 25 heavy (non-hydrogen) atoms. The van der Waals surface area contributed by atoms with Gasteiger partial charge in [0.15, 0.2) is 0 Å². The molecular weight excluding hydrogens is 314 g/mol. The van der Waals surface area contributed by atoms with Crippen molar-refractivity contribution < 1.29 is 14.6 Å². The third-order valence-corrected chi connectivity index (χ3v) is 6.10. The number of fused-ring (bicyclic) bond motifs is 3. The number of aromatic carboxylic acids is 1. The van der Waals surface area contributed by atoms with Gasteiger partial charge in [0.2, 0.25) is 0 Å². The number of ether oxygens (including phenoxy) is 1. The van der Waals surface area contributed by atoms with Crippen LogP contribution < -0.4 is 10.1 Å². The molecule has 0 amide bonds. The van der Waals surface area contributed by atoms with Crippen LogP contribution in [0, 0.1) is 5.92 Å². The number of hydrogen-bond acceptors (Lipinski definition) is 3. The minimum absolute atomic E-state index is 0.116. The first-order valence-electron chi connectivity index (χ1n) is 8.81. The van der Waals surface area contributed by atoms with Crippen molar-refractivity contribution in [3.05, 3.63) is 59.2 Å². The largest absolute Gasteiger partial charge is 0.497 e. The minimum atomic E-state index is -0.883. The smallest absolute Gasteiger partial charge is 0.335 e. The summed E-state index contributed by atoms with van der Waals surface area (Å²) in [7, 11) is 1.71.